The van der Waals surface area contributed by atoms with Crippen LogP contribution in [0.3, 0.4) is 0 Å². The Bertz CT molecular complexity index is 1190. The number of nitrogens with zero attached hydrogens (tertiary/aromatic N) is 2. The van der Waals surface area contributed by atoms with Crippen molar-refractivity contribution in [1.29, 1.82) is 0 Å². The van der Waals surface area contributed by atoms with E-state index in [1.54, 1.807) is 12.1 Å². The van der Waals surface area contributed by atoms with Crippen LogP contribution < -0.4 is 10.2 Å². The number of aromatic nitrogens is 1. The highest BCUT2D eigenvalue weighted by Gasteiger charge is 2.38. The third-order valence-corrected chi connectivity index (χ3v) is 6.55. The minimum Gasteiger partial charge on any atom is -0.550 e. The monoisotopic (exact) mass is 458 g/mol. The number of benzene rings is 1. The fourth-order valence-electron chi connectivity index (χ4n) is 2.84. The Hall–Kier alpha value is -3.02. The second-order valence-electron chi connectivity index (χ2n) is 6.15. The molecule has 1 aliphatic heterocycles. The number of thiazole rings is 1. The van der Waals surface area contributed by atoms with Gasteiger partial charge in [-0.05, 0) is 24.3 Å². The Kier molecular flexibility index (Phi) is 5.41. The number of aliphatic carboxylic acids is 2. The SMILES string of the molecule is O=C([O-])C[C@H](C(=O)[O-])N1C(=O)/C(=C/c2ccc(-c3nc4ccccc4s3)o2)SC1=S. The molecular weight excluding hydrogens is 448 g/mol. The molecule has 3 heterocycles. The van der Waals surface area contributed by atoms with E-state index in [-0.39, 0.29) is 9.23 Å². The molecule has 2 aromatic heterocycles. The number of carbonyl (C=O) groups excluding carboxylic acids is 3. The first-order chi connectivity index (χ1) is 14.3. The predicted molar refractivity (Wildman–Crippen MR) is 111 cm³/mol. The summed E-state index contributed by atoms with van der Waals surface area (Å²) < 4.78 is 6.69. The van der Waals surface area contributed by atoms with Gasteiger partial charge >= 0.3 is 0 Å². The summed E-state index contributed by atoms with van der Waals surface area (Å²) in [6, 6.07) is 9.26. The highest BCUT2D eigenvalue weighted by atomic mass is 32.2. The van der Waals surface area contributed by atoms with E-state index >= 15 is 0 Å². The zero-order valence-electron chi connectivity index (χ0n) is 14.9. The summed E-state index contributed by atoms with van der Waals surface area (Å²) in [6.07, 6.45) is 0.492. The average Bonchev–Trinajstić information content (AvgIpc) is 3.38. The summed E-state index contributed by atoms with van der Waals surface area (Å²) in [6.45, 7) is 0. The van der Waals surface area contributed by atoms with Crippen LogP contribution in [0.1, 0.15) is 12.2 Å². The number of furan rings is 1. The molecule has 8 nitrogen and oxygen atoms in total. The molecule has 152 valence electrons. The number of thioether (sulfide) groups is 1. The van der Waals surface area contributed by atoms with Crippen molar-refractivity contribution in [2.24, 2.45) is 0 Å². The smallest absolute Gasteiger partial charge is 0.266 e. The summed E-state index contributed by atoms with van der Waals surface area (Å²) in [5, 5.41) is 22.8. The minimum atomic E-state index is -1.75. The van der Waals surface area contributed by atoms with E-state index in [1.807, 2.05) is 24.3 Å². The van der Waals surface area contributed by atoms with Gasteiger partial charge in [-0.1, -0.05) is 36.1 Å². The van der Waals surface area contributed by atoms with E-state index in [0.29, 0.717) is 21.4 Å². The van der Waals surface area contributed by atoms with Crippen molar-refractivity contribution in [3.8, 4) is 10.8 Å². The number of amides is 1. The van der Waals surface area contributed by atoms with Crippen LogP contribution in [-0.2, 0) is 14.4 Å². The van der Waals surface area contributed by atoms with Gasteiger partial charge in [-0.3, -0.25) is 9.69 Å². The molecule has 1 aromatic carbocycles. The predicted octanol–water partition coefficient (Wildman–Crippen LogP) is 1.02. The lowest BCUT2D eigenvalue weighted by Crippen LogP contribution is -2.52. The third kappa shape index (κ3) is 3.86. The number of fused-ring (bicyclic) bond motifs is 1. The highest BCUT2D eigenvalue weighted by molar-refractivity contribution is 8.26. The molecule has 1 fully saturated rings. The molecule has 1 aliphatic rings. The minimum absolute atomic E-state index is 0.0837. The highest BCUT2D eigenvalue weighted by Crippen LogP contribution is 2.36. The van der Waals surface area contributed by atoms with Crippen LogP contribution >= 0.6 is 35.3 Å². The lowest BCUT2D eigenvalue weighted by Gasteiger charge is -2.27. The number of rotatable bonds is 6. The Morgan fingerprint density at radius 1 is 1.23 bits per heavy atom. The molecule has 0 bridgehead atoms. The van der Waals surface area contributed by atoms with Crippen LogP contribution in [0.2, 0.25) is 0 Å². The maximum absolute atomic E-state index is 12.6. The number of hydrogen-bond acceptors (Lipinski definition) is 10. The van der Waals surface area contributed by atoms with Gasteiger partial charge in [-0.2, -0.15) is 0 Å². The fraction of sp³-hybridized carbons (Fsp3) is 0.105. The second-order valence-corrected chi connectivity index (χ2v) is 8.86. The molecule has 30 heavy (non-hydrogen) atoms. The number of thiocarbonyl (C=S) groups is 1. The van der Waals surface area contributed by atoms with Gasteiger partial charge in [0.25, 0.3) is 5.91 Å². The van der Waals surface area contributed by atoms with Crippen molar-refractivity contribution in [3.05, 3.63) is 47.1 Å². The normalized spacial score (nSPS) is 16.5. The maximum atomic E-state index is 12.6. The summed E-state index contributed by atoms with van der Waals surface area (Å²) >= 11 is 7.37. The van der Waals surface area contributed by atoms with Crippen molar-refractivity contribution in [3.63, 3.8) is 0 Å². The van der Waals surface area contributed by atoms with Gasteiger partial charge in [0.15, 0.2) is 10.8 Å². The molecule has 1 saturated heterocycles. The van der Waals surface area contributed by atoms with E-state index in [2.05, 4.69) is 4.98 Å². The van der Waals surface area contributed by atoms with Gasteiger partial charge in [0.2, 0.25) is 0 Å². The molecule has 1 atom stereocenters. The van der Waals surface area contributed by atoms with Gasteiger partial charge in [0, 0.05) is 18.5 Å². The lowest BCUT2D eigenvalue weighted by molar-refractivity contribution is -0.319. The quantitative estimate of drug-likeness (QED) is 0.393. The molecular formula is C19H10N2O6S3-2. The second kappa shape index (κ2) is 8.01. The molecule has 1 amide bonds. The molecule has 0 radical (unpaired) electrons. The molecule has 4 rings (SSSR count). The molecule has 0 saturated carbocycles. The topological polar surface area (TPSA) is 127 Å². The summed E-state index contributed by atoms with van der Waals surface area (Å²) in [5.41, 5.74) is 0.845. The van der Waals surface area contributed by atoms with Gasteiger partial charge < -0.3 is 24.2 Å². The van der Waals surface area contributed by atoms with E-state index in [0.717, 1.165) is 22.0 Å². The number of para-hydroxylation sites is 1. The number of carboxylic acid groups (broad SMARTS) is 2. The third-order valence-electron chi connectivity index (χ3n) is 4.17. The Morgan fingerprint density at radius 2 is 2.00 bits per heavy atom. The first-order valence-corrected chi connectivity index (χ1v) is 10.5. The summed E-state index contributed by atoms with van der Waals surface area (Å²) in [4.78, 5) is 40.1. The Balaban J connectivity index is 1.59. The molecule has 11 heteroatoms. The molecule has 0 aliphatic carbocycles. The Labute approximate surface area is 182 Å². The Morgan fingerprint density at radius 3 is 2.70 bits per heavy atom. The number of hydrogen-bond donors (Lipinski definition) is 0. The zero-order valence-corrected chi connectivity index (χ0v) is 17.3. The fourth-order valence-corrected chi connectivity index (χ4v) is 5.10. The van der Waals surface area contributed by atoms with Crippen LogP contribution in [0.5, 0.6) is 0 Å². The van der Waals surface area contributed by atoms with Crippen LogP contribution in [0.25, 0.3) is 27.1 Å². The maximum Gasteiger partial charge on any atom is 0.266 e. The molecule has 0 spiro atoms. The van der Waals surface area contributed by atoms with Gasteiger partial charge in [0.05, 0.1) is 27.1 Å². The van der Waals surface area contributed by atoms with Gasteiger partial charge in [-0.15, -0.1) is 11.3 Å². The van der Waals surface area contributed by atoms with E-state index in [9.17, 15) is 24.6 Å². The van der Waals surface area contributed by atoms with Gasteiger partial charge in [-0.25, -0.2) is 4.98 Å². The van der Waals surface area contributed by atoms with Crippen molar-refractivity contribution >= 4 is 73.8 Å². The van der Waals surface area contributed by atoms with E-state index in [4.69, 9.17) is 16.6 Å². The van der Waals surface area contributed by atoms with Crippen molar-refractivity contribution in [2.45, 2.75) is 12.5 Å². The largest absolute Gasteiger partial charge is 0.550 e. The van der Waals surface area contributed by atoms with Crippen molar-refractivity contribution in [2.75, 3.05) is 0 Å². The average molecular weight is 458 g/mol. The first kappa shape index (κ1) is 20.3. The van der Waals surface area contributed by atoms with Crippen LogP contribution in [-0.4, -0.2) is 38.1 Å². The standard InChI is InChI=1S/C19H12N2O6S3/c22-15(23)8-11(18(25)26)21-17(24)14(30-19(21)28)7-9-5-6-12(27-9)16-20-10-3-1-2-4-13(10)29-16/h1-7,11H,8H2,(H,22,23)(H,25,26)/p-2/b14-7-/t11-/m1/s1. The molecule has 0 N–H and O–H groups in total. The van der Waals surface area contributed by atoms with Crippen LogP contribution in [0.15, 0.2) is 45.7 Å². The van der Waals surface area contributed by atoms with Gasteiger partial charge in [0.1, 0.15) is 10.1 Å². The van der Waals surface area contributed by atoms with E-state index in [1.165, 1.54) is 17.4 Å². The first-order valence-electron chi connectivity index (χ1n) is 8.47. The van der Waals surface area contributed by atoms with Crippen LogP contribution in [0, 0.1) is 0 Å². The summed E-state index contributed by atoms with van der Waals surface area (Å²) in [5.74, 6) is -3.24. The number of carboxylic acids is 2. The molecule has 3 aromatic rings. The number of carbonyl (C=O) groups is 3. The summed E-state index contributed by atoms with van der Waals surface area (Å²) in [7, 11) is 0. The van der Waals surface area contributed by atoms with Crippen molar-refractivity contribution < 1.29 is 29.0 Å². The molecule has 0 unspecified atom stereocenters. The van der Waals surface area contributed by atoms with E-state index < -0.39 is 30.3 Å². The van der Waals surface area contributed by atoms with Crippen LogP contribution in [0.4, 0.5) is 0 Å². The zero-order chi connectivity index (χ0) is 21.4. The lowest BCUT2D eigenvalue weighted by atomic mass is 10.2. The van der Waals surface area contributed by atoms with Crippen molar-refractivity contribution in [1.82, 2.24) is 9.88 Å².